The monoisotopic (exact) mass is 432 g/mol. The molecule has 29 heavy (non-hydrogen) atoms. The number of amides is 1. The van der Waals surface area contributed by atoms with Crippen LogP contribution in [0.5, 0.6) is 0 Å². The highest BCUT2D eigenvalue weighted by Crippen LogP contribution is 2.28. The lowest BCUT2D eigenvalue weighted by molar-refractivity contribution is 0.0980. The first-order chi connectivity index (χ1) is 14.0. The van der Waals surface area contributed by atoms with Gasteiger partial charge < -0.3 is 14.4 Å². The first kappa shape index (κ1) is 19.3. The third kappa shape index (κ3) is 3.55. The predicted octanol–water partition coefficient (Wildman–Crippen LogP) is 3.06. The Morgan fingerprint density at radius 2 is 1.97 bits per heavy atom. The molecule has 0 spiro atoms. The molecule has 0 saturated heterocycles. The van der Waals surface area contributed by atoms with E-state index in [4.69, 9.17) is 27.6 Å². The van der Waals surface area contributed by atoms with Gasteiger partial charge in [0.1, 0.15) is 22.2 Å². The van der Waals surface area contributed by atoms with Gasteiger partial charge in [-0.25, -0.2) is 9.97 Å². The molecule has 0 atom stereocenters. The van der Waals surface area contributed by atoms with E-state index >= 15 is 0 Å². The van der Waals surface area contributed by atoms with Crippen LogP contribution >= 0.6 is 23.2 Å². The number of carbonyl (C=O) groups is 1. The average molecular weight is 433 g/mol. The number of halogens is 2. The number of anilines is 1. The van der Waals surface area contributed by atoms with E-state index < -0.39 is 5.91 Å². The smallest absolute Gasteiger partial charge is 0.327 e. The fourth-order valence-corrected chi connectivity index (χ4v) is 3.43. The lowest BCUT2D eigenvalue weighted by Crippen LogP contribution is -2.34. The fourth-order valence-electron chi connectivity index (χ4n) is 2.95. The minimum atomic E-state index is -0.513. The van der Waals surface area contributed by atoms with Crippen LogP contribution in [0.15, 0.2) is 41.2 Å². The van der Waals surface area contributed by atoms with Crippen molar-refractivity contribution in [2.75, 3.05) is 18.1 Å². The number of aryl methyl sites for hydroxylation is 1. The maximum atomic E-state index is 13.1. The van der Waals surface area contributed by atoms with Crippen LogP contribution in [-0.2, 0) is 0 Å². The van der Waals surface area contributed by atoms with E-state index in [9.17, 15) is 9.90 Å². The maximum Gasteiger partial charge on any atom is 0.327 e. The molecule has 0 aliphatic heterocycles. The third-order valence-corrected chi connectivity index (χ3v) is 4.82. The second kappa shape index (κ2) is 7.78. The zero-order chi connectivity index (χ0) is 20.5. The number of aromatic nitrogens is 5. The first-order valence-corrected chi connectivity index (χ1v) is 9.25. The minimum absolute atomic E-state index is 0.0247. The number of hydrogen-bond donors (Lipinski definition) is 1. The Bertz CT molecular complexity index is 1190. The third-order valence-electron chi connectivity index (χ3n) is 4.24. The Hall–Kier alpha value is -3.01. The van der Waals surface area contributed by atoms with Gasteiger partial charge in [-0.3, -0.25) is 9.36 Å². The van der Waals surface area contributed by atoms with Crippen molar-refractivity contribution in [2.45, 2.75) is 6.92 Å². The SMILES string of the molecule is Cc1nnc(-n2ccc3cc(N(CCO)C(=O)c4c(Cl)ncnc4Cl)ccc32)o1. The largest absolute Gasteiger partial charge is 0.408 e. The van der Waals surface area contributed by atoms with Crippen molar-refractivity contribution in [1.29, 1.82) is 0 Å². The van der Waals surface area contributed by atoms with Gasteiger partial charge in [0.2, 0.25) is 5.89 Å². The van der Waals surface area contributed by atoms with Crippen LogP contribution in [0.1, 0.15) is 16.2 Å². The molecule has 148 valence electrons. The second-order valence-corrected chi connectivity index (χ2v) is 6.76. The summed E-state index contributed by atoms with van der Waals surface area (Å²) in [5.41, 5.74) is 1.34. The average Bonchev–Trinajstić information content (AvgIpc) is 3.31. The van der Waals surface area contributed by atoms with E-state index in [1.807, 2.05) is 12.1 Å². The molecule has 0 fully saturated rings. The molecule has 0 aliphatic rings. The molecule has 4 aromatic rings. The van der Waals surface area contributed by atoms with Crippen LogP contribution in [0.25, 0.3) is 16.9 Å². The van der Waals surface area contributed by atoms with E-state index in [1.54, 1.807) is 29.8 Å². The normalized spacial score (nSPS) is 11.2. The quantitative estimate of drug-likeness (QED) is 0.482. The van der Waals surface area contributed by atoms with Gasteiger partial charge >= 0.3 is 6.01 Å². The van der Waals surface area contributed by atoms with Gasteiger partial charge in [-0.1, -0.05) is 28.3 Å². The van der Waals surface area contributed by atoms with Crippen molar-refractivity contribution in [3.63, 3.8) is 0 Å². The number of benzene rings is 1. The minimum Gasteiger partial charge on any atom is -0.408 e. The van der Waals surface area contributed by atoms with E-state index in [1.165, 1.54) is 11.2 Å². The molecular formula is C18H14Cl2N6O3. The summed E-state index contributed by atoms with van der Waals surface area (Å²) in [4.78, 5) is 22.1. The van der Waals surface area contributed by atoms with Crippen LogP contribution < -0.4 is 4.90 Å². The molecule has 1 N–H and O–H groups in total. The summed E-state index contributed by atoms with van der Waals surface area (Å²) in [6, 6.07) is 7.54. The van der Waals surface area contributed by atoms with E-state index in [-0.39, 0.29) is 29.0 Å². The lowest BCUT2D eigenvalue weighted by Gasteiger charge is -2.22. The number of carbonyl (C=O) groups excluding carboxylic acids is 1. The van der Waals surface area contributed by atoms with Crippen molar-refractivity contribution < 1.29 is 14.3 Å². The first-order valence-electron chi connectivity index (χ1n) is 8.50. The molecular weight excluding hydrogens is 419 g/mol. The van der Waals surface area contributed by atoms with Crippen LogP contribution in [-0.4, -0.2) is 48.9 Å². The maximum absolute atomic E-state index is 13.1. The zero-order valence-electron chi connectivity index (χ0n) is 15.1. The molecule has 0 radical (unpaired) electrons. The zero-order valence-corrected chi connectivity index (χ0v) is 16.6. The standard InChI is InChI=1S/C18H14Cl2N6O3/c1-10-23-24-18(29-10)26-5-4-11-8-12(2-3-13(11)26)25(6-7-27)17(28)14-15(19)21-9-22-16(14)20/h2-5,8-9,27H,6-7H2,1H3. The van der Waals surface area contributed by atoms with Gasteiger partial charge in [-0.15, -0.1) is 5.10 Å². The van der Waals surface area contributed by atoms with Gasteiger partial charge in [0.15, 0.2) is 0 Å². The number of hydrogen-bond acceptors (Lipinski definition) is 7. The predicted molar refractivity (Wildman–Crippen MR) is 107 cm³/mol. The van der Waals surface area contributed by atoms with E-state index in [0.29, 0.717) is 17.6 Å². The van der Waals surface area contributed by atoms with Crippen molar-refractivity contribution in [1.82, 2.24) is 24.7 Å². The molecule has 11 heteroatoms. The van der Waals surface area contributed by atoms with Gasteiger partial charge in [0, 0.05) is 30.7 Å². The van der Waals surface area contributed by atoms with Crippen molar-refractivity contribution in [3.05, 3.63) is 58.6 Å². The van der Waals surface area contributed by atoms with Crippen molar-refractivity contribution >= 4 is 45.7 Å². The summed E-state index contributed by atoms with van der Waals surface area (Å²) in [5.74, 6) is -0.0574. The molecule has 3 heterocycles. The highest BCUT2D eigenvalue weighted by atomic mass is 35.5. The Balaban J connectivity index is 1.75. The van der Waals surface area contributed by atoms with Gasteiger partial charge in [-0.05, 0) is 24.3 Å². The van der Waals surface area contributed by atoms with Crippen LogP contribution in [0.3, 0.4) is 0 Å². The van der Waals surface area contributed by atoms with Gasteiger partial charge in [0.25, 0.3) is 5.91 Å². The highest BCUT2D eigenvalue weighted by Gasteiger charge is 2.24. The molecule has 1 amide bonds. The number of fused-ring (bicyclic) bond motifs is 1. The van der Waals surface area contributed by atoms with E-state index in [2.05, 4.69) is 20.2 Å². The molecule has 1 aromatic carbocycles. The number of aliphatic hydroxyl groups is 1. The lowest BCUT2D eigenvalue weighted by atomic mass is 10.2. The van der Waals surface area contributed by atoms with Crippen LogP contribution in [0.2, 0.25) is 10.3 Å². The van der Waals surface area contributed by atoms with Gasteiger partial charge in [0.05, 0.1) is 12.1 Å². The van der Waals surface area contributed by atoms with Gasteiger partial charge in [-0.2, -0.15) is 0 Å². The fraction of sp³-hybridized carbons (Fsp3) is 0.167. The topological polar surface area (TPSA) is 110 Å². The Kier molecular flexibility index (Phi) is 5.18. The summed E-state index contributed by atoms with van der Waals surface area (Å²) in [5, 5.41) is 18.0. The summed E-state index contributed by atoms with van der Waals surface area (Å²) in [7, 11) is 0. The van der Waals surface area contributed by atoms with Crippen LogP contribution in [0.4, 0.5) is 5.69 Å². The number of aliphatic hydroxyl groups excluding tert-OH is 1. The molecule has 0 bridgehead atoms. The second-order valence-electron chi connectivity index (χ2n) is 6.04. The number of rotatable bonds is 5. The molecule has 9 nitrogen and oxygen atoms in total. The summed E-state index contributed by atoms with van der Waals surface area (Å²) < 4.78 is 7.22. The Morgan fingerprint density at radius 3 is 2.62 bits per heavy atom. The molecule has 0 saturated carbocycles. The molecule has 0 aliphatic carbocycles. The Morgan fingerprint density at radius 1 is 1.21 bits per heavy atom. The number of nitrogens with zero attached hydrogens (tertiary/aromatic N) is 6. The summed E-state index contributed by atoms with van der Waals surface area (Å²) >= 11 is 12.1. The summed E-state index contributed by atoms with van der Waals surface area (Å²) in [6.07, 6.45) is 2.96. The molecule has 0 unspecified atom stereocenters. The Labute approximate surface area is 174 Å². The highest BCUT2D eigenvalue weighted by molar-refractivity contribution is 6.39. The molecule has 3 aromatic heterocycles. The van der Waals surface area contributed by atoms with Crippen LogP contribution in [0, 0.1) is 6.92 Å². The van der Waals surface area contributed by atoms with Crippen molar-refractivity contribution in [2.24, 2.45) is 0 Å². The van der Waals surface area contributed by atoms with E-state index in [0.717, 1.165) is 10.9 Å². The molecule has 4 rings (SSSR count). The van der Waals surface area contributed by atoms with Crippen molar-refractivity contribution in [3.8, 4) is 6.01 Å². The summed E-state index contributed by atoms with van der Waals surface area (Å²) in [6.45, 7) is 1.49.